The van der Waals surface area contributed by atoms with E-state index in [1.165, 1.54) is 0 Å². The van der Waals surface area contributed by atoms with Crippen molar-refractivity contribution in [3.8, 4) is 0 Å². The smallest absolute Gasteiger partial charge is 0.0948 e. The minimum absolute atomic E-state index is 0.0176. The summed E-state index contributed by atoms with van der Waals surface area (Å²) in [7, 11) is 0. The molecule has 0 amide bonds. The Morgan fingerprint density at radius 3 is 2.62 bits per heavy atom. The number of hydrogen-bond donors (Lipinski definition) is 3. The van der Waals surface area contributed by atoms with E-state index in [9.17, 15) is 5.11 Å². The summed E-state index contributed by atoms with van der Waals surface area (Å²) in [5.41, 5.74) is 0. The molecule has 0 aromatic carbocycles. The molecule has 4 unspecified atom stereocenters. The van der Waals surface area contributed by atoms with Crippen LogP contribution in [0.2, 0.25) is 0 Å². The van der Waals surface area contributed by atoms with Crippen LogP contribution >= 0.6 is 0 Å². The molecule has 1 saturated heterocycles. The van der Waals surface area contributed by atoms with E-state index in [0.29, 0.717) is 13.2 Å². The number of aliphatic hydroxyl groups is 2. The summed E-state index contributed by atoms with van der Waals surface area (Å²) in [6.07, 6.45) is -0.409. The highest BCUT2D eigenvalue weighted by atomic mass is 16.5. The van der Waals surface area contributed by atoms with E-state index in [2.05, 4.69) is 5.32 Å². The summed E-state index contributed by atoms with van der Waals surface area (Å²) in [5, 5.41) is 21.6. The standard InChI is InChI=1S/C9H19NO3/c1-6(3-11)7(2)10-8-4-13-5-9(8)12/h6-12H,3-5H2,1-2H3. The molecule has 1 aliphatic heterocycles. The molecule has 0 aromatic heterocycles. The normalized spacial score (nSPS) is 33.2. The summed E-state index contributed by atoms with van der Waals surface area (Å²) >= 11 is 0. The van der Waals surface area contributed by atoms with Crippen molar-refractivity contribution in [2.45, 2.75) is 32.0 Å². The molecule has 0 aliphatic carbocycles. The van der Waals surface area contributed by atoms with Crippen LogP contribution in [0.15, 0.2) is 0 Å². The molecule has 4 atom stereocenters. The Hall–Kier alpha value is -0.160. The maximum atomic E-state index is 9.44. The van der Waals surface area contributed by atoms with Crippen molar-refractivity contribution >= 4 is 0 Å². The Morgan fingerprint density at radius 2 is 2.15 bits per heavy atom. The maximum Gasteiger partial charge on any atom is 0.0948 e. The zero-order valence-corrected chi connectivity index (χ0v) is 8.23. The molecule has 3 N–H and O–H groups in total. The number of rotatable bonds is 4. The lowest BCUT2D eigenvalue weighted by Crippen LogP contribution is -2.46. The molecule has 0 saturated carbocycles. The van der Waals surface area contributed by atoms with E-state index >= 15 is 0 Å². The van der Waals surface area contributed by atoms with Crippen molar-refractivity contribution in [1.29, 1.82) is 0 Å². The molecule has 0 radical (unpaired) electrons. The van der Waals surface area contributed by atoms with Gasteiger partial charge in [0.05, 0.1) is 25.4 Å². The molecule has 4 nitrogen and oxygen atoms in total. The lowest BCUT2D eigenvalue weighted by molar-refractivity contribution is 0.118. The van der Waals surface area contributed by atoms with Gasteiger partial charge in [0, 0.05) is 12.6 Å². The second-order valence-electron chi connectivity index (χ2n) is 3.83. The highest BCUT2D eigenvalue weighted by Gasteiger charge is 2.28. The Balaban J connectivity index is 2.30. The molecule has 1 heterocycles. The van der Waals surface area contributed by atoms with Crippen molar-refractivity contribution < 1.29 is 14.9 Å². The van der Waals surface area contributed by atoms with Gasteiger partial charge in [0.15, 0.2) is 0 Å². The van der Waals surface area contributed by atoms with Crippen LogP contribution in [-0.2, 0) is 4.74 Å². The largest absolute Gasteiger partial charge is 0.396 e. The number of hydrogen-bond acceptors (Lipinski definition) is 4. The van der Waals surface area contributed by atoms with Crippen LogP contribution in [0.1, 0.15) is 13.8 Å². The van der Waals surface area contributed by atoms with Gasteiger partial charge in [-0.15, -0.1) is 0 Å². The highest BCUT2D eigenvalue weighted by Crippen LogP contribution is 2.09. The lowest BCUT2D eigenvalue weighted by atomic mass is 10.0. The predicted molar refractivity (Wildman–Crippen MR) is 49.5 cm³/mol. The number of nitrogens with one attached hydrogen (secondary N) is 1. The molecule has 1 fully saturated rings. The molecule has 1 rings (SSSR count). The summed E-state index contributed by atoms with van der Waals surface area (Å²) in [5.74, 6) is 0.202. The third-order valence-electron chi connectivity index (χ3n) is 2.67. The molecular formula is C9H19NO3. The second kappa shape index (κ2) is 4.91. The van der Waals surface area contributed by atoms with Crippen LogP contribution in [0.4, 0.5) is 0 Å². The van der Waals surface area contributed by atoms with Gasteiger partial charge in [-0.2, -0.15) is 0 Å². The van der Waals surface area contributed by atoms with Crippen molar-refractivity contribution in [2.75, 3.05) is 19.8 Å². The second-order valence-corrected chi connectivity index (χ2v) is 3.83. The maximum absolute atomic E-state index is 9.44. The van der Waals surface area contributed by atoms with E-state index in [1.54, 1.807) is 0 Å². The fourth-order valence-corrected chi connectivity index (χ4v) is 1.36. The van der Waals surface area contributed by atoms with Gasteiger partial charge in [0.25, 0.3) is 0 Å². The number of aliphatic hydroxyl groups excluding tert-OH is 2. The van der Waals surface area contributed by atoms with E-state index in [4.69, 9.17) is 9.84 Å². The summed E-state index contributed by atoms with van der Waals surface area (Å²) in [4.78, 5) is 0. The summed E-state index contributed by atoms with van der Waals surface area (Å²) in [6.45, 7) is 5.12. The predicted octanol–water partition coefficient (Wildman–Crippen LogP) is -0.647. The summed E-state index contributed by atoms with van der Waals surface area (Å²) < 4.78 is 5.11. The molecule has 0 spiro atoms. The SMILES string of the molecule is CC(CO)C(C)NC1COCC1O. The monoisotopic (exact) mass is 189 g/mol. The van der Waals surface area contributed by atoms with Crippen molar-refractivity contribution in [3.63, 3.8) is 0 Å². The van der Waals surface area contributed by atoms with Crippen LogP contribution in [0, 0.1) is 5.92 Å². The zero-order chi connectivity index (χ0) is 9.84. The minimum Gasteiger partial charge on any atom is -0.396 e. The van der Waals surface area contributed by atoms with Crippen molar-refractivity contribution in [1.82, 2.24) is 5.32 Å². The van der Waals surface area contributed by atoms with E-state index in [0.717, 1.165) is 0 Å². The molecule has 4 heteroatoms. The first kappa shape index (κ1) is 10.9. The minimum atomic E-state index is -0.409. The quantitative estimate of drug-likeness (QED) is 0.550. The van der Waals surface area contributed by atoms with E-state index in [1.807, 2.05) is 13.8 Å². The van der Waals surface area contributed by atoms with Crippen LogP contribution in [0.25, 0.3) is 0 Å². The lowest BCUT2D eigenvalue weighted by Gasteiger charge is -2.24. The topological polar surface area (TPSA) is 61.7 Å². The Bertz CT molecular complexity index is 154. The Labute approximate surface area is 78.9 Å². The number of ether oxygens (including phenoxy) is 1. The average molecular weight is 189 g/mol. The molecule has 78 valence electrons. The van der Waals surface area contributed by atoms with Gasteiger partial charge in [-0.25, -0.2) is 0 Å². The van der Waals surface area contributed by atoms with Crippen LogP contribution < -0.4 is 5.32 Å². The van der Waals surface area contributed by atoms with Gasteiger partial charge in [0.2, 0.25) is 0 Å². The third kappa shape index (κ3) is 2.91. The molecule has 0 aromatic rings. The fourth-order valence-electron chi connectivity index (χ4n) is 1.36. The van der Waals surface area contributed by atoms with E-state index < -0.39 is 6.10 Å². The van der Waals surface area contributed by atoms with Gasteiger partial charge >= 0.3 is 0 Å². The van der Waals surface area contributed by atoms with Crippen molar-refractivity contribution in [2.24, 2.45) is 5.92 Å². The fraction of sp³-hybridized carbons (Fsp3) is 1.00. The van der Waals surface area contributed by atoms with Gasteiger partial charge in [-0.1, -0.05) is 6.92 Å². The van der Waals surface area contributed by atoms with Gasteiger partial charge in [0.1, 0.15) is 0 Å². The van der Waals surface area contributed by atoms with E-state index in [-0.39, 0.29) is 24.6 Å². The van der Waals surface area contributed by atoms with Crippen LogP contribution in [-0.4, -0.2) is 48.2 Å². The Morgan fingerprint density at radius 1 is 1.46 bits per heavy atom. The first-order valence-electron chi connectivity index (χ1n) is 4.78. The Kier molecular flexibility index (Phi) is 4.12. The first-order chi connectivity index (χ1) is 6.15. The molecule has 13 heavy (non-hydrogen) atoms. The van der Waals surface area contributed by atoms with Gasteiger partial charge in [-0.3, -0.25) is 0 Å². The average Bonchev–Trinajstić information content (AvgIpc) is 2.50. The summed E-state index contributed by atoms with van der Waals surface area (Å²) in [6, 6.07) is 0.218. The molecule has 1 aliphatic rings. The van der Waals surface area contributed by atoms with Gasteiger partial charge < -0.3 is 20.3 Å². The zero-order valence-electron chi connectivity index (χ0n) is 8.23. The highest BCUT2D eigenvalue weighted by molar-refractivity contribution is 4.84. The molecular weight excluding hydrogens is 170 g/mol. The van der Waals surface area contributed by atoms with Crippen molar-refractivity contribution in [3.05, 3.63) is 0 Å². The third-order valence-corrected chi connectivity index (χ3v) is 2.67. The van der Waals surface area contributed by atoms with Crippen LogP contribution in [0.3, 0.4) is 0 Å². The first-order valence-corrected chi connectivity index (χ1v) is 4.78. The molecule has 0 bridgehead atoms. The van der Waals surface area contributed by atoms with Gasteiger partial charge in [-0.05, 0) is 12.8 Å². The van der Waals surface area contributed by atoms with Crippen LogP contribution in [0.5, 0.6) is 0 Å².